The minimum Gasteiger partial charge on any atom is -0.368 e. The lowest BCUT2D eigenvalue weighted by atomic mass is 10.1. The molecule has 0 aliphatic carbocycles. The number of hydrogen-bond donors (Lipinski definition) is 2. The average Bonchev–Trinajstić information content (AvgIpc) is 2.04. The average molecular weight is 266 g/mol. The van der Waals surface area contributed by atoms with Crippen LogP contribution in [0, 0.1) is 0 Å². The van der Waals surface area contributed by atoms with Crippen LogP contribution < -0.4 is 11.5 Å². The topological polar surface area (TPSA) is 69.1 Å². The Morgan fingerprint density at radius 2 is 1.77 bits per heavy atom. The quantitative estimate of drug-likeness (QED) is 0.849. The van der Waals surface area contributed by atoms with E-state index >= 15 is 0 Å². The third-order valence-corrected chi connectivity index (χ3v) is 1.79. The number of primary amides is 1. The van der Waals surface area contributed by atoms with Crippen LogP contribution in [-0.4, -0.2) is 5.91 Å². The van der Waals surface area contributed by atoms with E-state index in [0.29, 0.717) is 10.6 Å². The smallest absolute Gasteiger partial charge is 0.238 e. The number of carbonyl (C=O) groups excluding carboxylic acids is 1. The summed E-state index contributed by atoms with van der Waals surface area (Å²) in [5, 5.41) is 0.607. The monoisotopic (exact) mass is 264 g/mol. The van der Waals surface area contributed by atoms with Gasteiger partial charge in [0.15, 0.2) is 0 Å². The Balaban J connectivity index is 0.00000144. The first kappa shape index (κ1) is 12.4. The number of carbonyl (C=O) groups is 1. The minimum atomic E-state index is -0.748. The molecule has 1 rings (SSSR count). The van der Waals surface area contributed by atoms with Crippen molar-refractivity contribution >= 4 is 34.5 Å². The first-order valence-electron chi connectivity index (χ1n) is 3.41. The van der Waals surface area contributed by atoms with Crippen molar-refractivity contribution in [1.82, 2.24) is 0 Å². The van der Waals surface area contributed by atoms with E-state index in [1.54, 1.807) is 24.3 Å². The van der Waals surface area contributed by atoms with Crippen molar-refractivity contribution in [3.8, 4) is 0 Å². The third kappa shape index (κ3) is 3.34. The summed E-state index contributed by atoms with van der Waals surface area (Å²) in [6.07, 6.45) is 0. The number of halogens is 2. The molecule has 0 spiro atoms. The van der Waals surface area contributed by atoms with Crippen LogP contribution in [0.3, 0.4) is 0 Å². The van der Waals surface area contributed by atoms with Gasteiger partial charge in [-0.3, -0.25) is 4.79 Å². The molecule has 0 saturated carbocycles. The second kappa shape index (κ2) is 5.21. The molecule has 0 bridgehead atoms. The number of hydrogen-bond acceptors (Lipinski definition) is 2. The summed E-state index contributed by atoms with van der Waals surface area (Å²) in [6.45, 7) is 0. The van der Waals surface area contributed by atoms with Crippen LogP contribution in [0.4, 0.5) is 0 Å². The second-order valence-electron chi connectivity index (χ2n) is 2.43. The summed E-state index contributed by atoms with van der Waals surface area (Å²) in [5.74, 6) is -0.544. The molecule has 0 radical (unpaired) electrons. The van der Waals surface area contributed by atoms with Crippen LogP contribution in [0.15, 0.2) is 24.3 Å². The van der Waals surface area contributed by atoms with Crippen molar-refractivity contribution in [3.05, 3.63) is 34.9 Å². The Morgan fingerprint density at radius 3 is 2.15 bits per heavy atom. The lowest BCUT2D eigenvalue weighted by molar-refractivity contribution is -0.119. The van der Waals surface area contributed by atoms with Crippen LogP contribution in [0.25, 0.3) is 0 Å². The maximum atomic E-state index is 10.6. The molecule has 1 aromatic carbocycles. The summed E-state index contributed by atoms with van der Waals surface area (Å²) in [7, 11) is 0. The Labute approximate surface area is 91.8 Å². The van der Waals surface area contributed by atoms with Gasteiger partial charge in [0.1, 0.15) is 6.04 Å². The fourth-order valence-corrected chi connectivity index (χ4v) is 0.960. The van der Waals surface area contributed by atoms with Gasteiger partial charge in [0.25, 0.3) is 0 Å². The molecular weight excluding hydrogens is 255 g/mol. The van der Waals surface area contributed by atoms with E-state index in [9.17, 15) is 4.79 Å². The SMILES string of the molecule is Br.NC(=O)C(N)c1ccc(Cl)cc1. The van der Waals surface area contributed by atoms with Crippen LogP contribution in [0.2, 0.25) is 5.02 Å². The largest absolute Gasteiger partial charge is 0.368 e. The van der Waals surface area contributed by atoms with Crippen LogP contribution in [0.1, 0.15) is 11.6 Å². The van der Waals surface area contributed by atoms with E-state index in [2.05, 4.69) is 0 Å². The Bertz CT molecular complexity index is 289. The molecule has 4 N–H and O–H groups in total. The van der Waals surface area contributed by atoms with Gasteiger partial charge in [0.2, 0.25) is 5.91 Å². The molecule has 0 saturated heterocycles. The van der Waals surface area contributed by atoms with Crippen LogP contribution in [-0.2, 0) is 4.79 Å². The van der Waals surface area contributed by atoms with Gasteiger partial charge in [0, 0.05) is 5.02 Å². The van der Waals surface area contributed by atoms with Crippen molar-refractivity contribution in [1.29, 1.82) is 0 Å². The minimum absolute atomic E-state index is 0. The molecule has 3 nitrogen and oxygen atoms in total. The van der Waals surface area contributed by atoms with Gasteiger partial charge in [-0.25, -0.2) is 0 Å². The molecule has 13 heavy (non-hydrogen) atoms. The summed E-state index contributed by atoms with van der Waals surface area (Å²) >= 11 is 5.64. The van der Waals surface area contributed by atoms with E-state index in [0.717, 1.165) is 0 Å². The first-order valence-corrected chi connectivity index (χ1v) is 3.79. The number of nitrogens with two attached hydrogens (primary N) is 2. The Kier molecular flexibility index (Phi) is 4.98. The van der Waals surface area contributed by atoms with Gasteiger partial charge < -0.3 is 11.5 Å². The maximum absolute atomic E-state index is 10.6. The normalized spacial score (nSPS) is 11.5. The molecule has 0 aliphatic heterocycles. The highest BCUT2D eigenvalue weighted by Crippen LogP contribution is 2.13. The van der Waals surface area contributed by atoms with Crippen molar-refractivity contribution in [3.63, 3.8) is 0 Å². The molecule has 5 heteroatoms. The molecule has 0 fully saturated rings. The summed E-state index contributed by atoms with van der Waals surface area (Å²) in [6, 6.07) is 5.94. The highest BCUT2D eigenvalue weighted by atomic mass is 79.9. The molecule has 1 atom stereocenters. The predicted molar refractivity (Wildman–Crippen MR) is 57.9 cm³/mol. The van der Waals surface area contributed by atoms with Gasteiger partial charge in [0.05, 0.1) is 0 Å². The van der Waals surface area contributed by atoms with E-state index in [-0.39, 0.29) is 17.0 Å². The van der Waals surface area contributed by atoms with Crippen molar-refractivity contribution in [2.75, 3.05) is 0 Å². The highest BCUT2D eigenvalue weighted by molar-refractivity contribution is 8.93. The number of amides is 1. The zero-order valence-corrected chi connectivity index (χ0v) is 9.20. The van der Waals surface area contributed by atoms with Crippen molar-refractivity contribution in [2.45, 2.75) is 6.04 Å². The Hall–Kier alpha value is -0.580. The molecular formula is C8H10BrClN2O. The van der Waals surface area contributed by atoms with Gasteiger partial charge in [-0.15, -0.1) is 17.0 Å². The summed E-state index contributed by atoms with van der Waals surface area (Å²) in [5.41, 5.74) is 11.2. The van der Waals surface area contributed by atoms with Gasteiger partial charge in [-0.2, -0.15) is 0 Å². The van der Waals surface area contributed by atoms with Gasteiger partial charge in [-0.05, 0) is 17.7 Å². The van der Waals surface area contributed by atoms with E-state index < -0.39 is 11.9 Å². The van der Waals surface area contributed by atoms with Gasteiger partial charge >= 0.3 is 0 Å². The fourth-order valence-electron chi connectivity index (χ4n) is 0.834. The lowest BCUT2D eigenvalue weighted by Crippen LogP contribution is -2.28. The number of benzene rings is 1. The van der Waals surface area contributed by atoms with Crippen molar-refractivity contribution in [2.24, 2.45) is 11.5 Å². The lowest BCUT2D eigenvalue weighted by Gasteiger charge is -2.06. The van der Waals surface area contributed by atoms with Crippen molar-refractivity contribution < 1.29 is 4.79 Å². The first-order chi connectivity index (χ1) is 5.61. The molecule has 1 aromatic rings. The maximum Gasteiger partial charge on any atom is 0.238 e. The Morgan fingerprint density at radius 1 is 1.31 bits per heavy atom. The summed E-state index contributed by atoms with van der Waals surface area (Å²) in [4.78, 5) is 10.6. The molecule has 1 amide bonds. The van der Waals surface area contributed by atoms with Crippen LogP contribution >= 0.6 is 28.6 Å². The molecule has 72 valence electrons. The zero-order valence-electron chi connectivity index (χ0n) is 6.74. The zero-order chi connectivity index (χ0) is 9.14. The number of rotatable bonds is 2. The van der Waals surface area contributed by atoms with E-state index in [1.807, 2.05) is 0 Å². The molecule has 0 aliphatic rings. The van der Waals surface area contributed by atoms with E-state index in [1.165, 1.54) is 0 Å². The second-order valence-corrected chi connectivity index (χ2v) is 2.87. The molecule has 1 unspecified atom stereocenters. The predicted octanol–water partition coefficient (Wildman–Crippen LogP) is 1.40. The summed E-state index contributed by atoms with van der Waals surface area (Å²) < 4.78 is 0. The molecule has 0 aromatic heterocycles. The molecule has 0 heterocycles. The van der Waals surface area contributed by atoms with E-state index in [4.69, 9.17) is 23.1 Å². The van der Waals surface area contributed by atoms with Gasteiger partial charge in [-0.1, -0.05) is 23.7 Å². The highest BCUT2D eigenvalue weighted by Gasteiger charge is 2.10. The third-order valence-electron chi connectivity index (χ3n) is 1.54. The van der Waals surface area contributed by atoms with Crippen LogP contribution in [0.5, 0.6) is 0 Å². The standard InChI is InChI=1S/C8H9ClN2O.BrH/c9-6-3-1-5(2-4-6)7(10)8(11)12;/h1-4,7H,10H2,(H2,11,12);1H. The fraction of sp³-hybridized carbons (Fsp3) is 0.125.